The van der Waals surface area contributed by atoms with E-state index in [1.54, 1.807) is 0 Å². The van der Waals surface area contributed by atoms with Gasteiger partial charge in [0, 0.05) is 18.6 Å². The summed E-state index contributed by atoms with van der Waals surface area (Å²) in [6, 6.07) is 11.0. The Bertz CT molecular complexity index is 618. The van der Waals surface area contributed by atoms with Crippen LogP contribution < -0.4 is 10.6 Å². The molecule has 2 amide bonds. The summed E-state index contributed by atoms with van der Waals surface area (Å²) in [6.45, 7) is 7.32. The van der Waals surface area contributed by atoms with Gasteiger partial charge in [-0.2, -0.15) is 0 Å². The third kappa shape index (κ3) is 4.89. The SMILES string of the molecule is CCCN(C)[C@]1(c2ccccc2)CC[C@@](C)(CNC(=O)NCC2CCC2)CC1. The molecule has 0 bridgehead atoms. The summed E-state index contributed by atoms with van der Waals surface area (Å²) in [6.07, 6.45) is 9.60. The number of hydrogen-bond donors (Lipinski definition) is 2. The molecular weight excluding hydrogens is 346 g/mol. The Morgan fingerprint density at radius 2 is 1.79 bits per heavy atom. The number of nitrogens with zero attached hydrogens (tertiary/aromatic N) is 1. The third-order valence-electron chi connectivity index (χ3n) is 7.34. The van der Waals surface area contributed by atoms with Gasteiger partial charge in [-0.15, -0.1) is 0 Å². The maximum Gasteiger partial charge on any atom is 0.314 e. The molecule has 1 aromatic rings. The van der Waals surface area contributed by atoms with Gasteiger partial charge in [-0.05, 0) is 75.4 Å². The molecule has 2 aliphatic rings. The lowest BCUT2D eigenvalue weighted by Gasteiger charge is -2.50. The van der Waals surface area contributed by atoms with Crippen molar-refractivity contribution >= 4 is 6.03 Å². The molecule has 0 unspecified atom stereocenters. The minimum absolute atomic E-state index is 0.0103. The Morgan fingerprint density at radius 1 is 1.11 bits per heavy atom. The summed E-state index contributed by atoms with van der Waals surface area (Å²) in [5, 5.41) is 6.21. The molecule has 4 nitrogen and oxygen atoms in total. The molecule has 0 spiro atoms. The van der Waals surface area contributed by atoms with Crippen LogP contribution in [0.4, 0.5) is 4.79 Å². The first-order valence-corrected chi connectivity index (χ1v) is 11.3. The molecule has 0 radical (unpaired) electrons. The topological polar surface area (TPSA) is 44.4 Å². The van der Waals surface area contributed by atoms with E-state index < -0.39 is 0 Å². The predicted molar refractivity (Wildman–Crippen MR) is 116 cm³/mol. The Morgan fingerprint density at radius 3 is 2.36 bits per heavy atom. The van der Waals surface area contributed by atoms with Gasteiger partial charge in [-0.25, -0.2) is 4.79 Å². The lowest BCUT2D eigenvalue weighted by atomic mass is 9.65. The van der Waals surface area contributed by atoms with Crippen molar-refractivity contribution in [2.75, 3.05) is 26.7 Å². The summed E-state index contributed by atoms with van der Waals surface area (Å²) in [5.74, 6) is 0.705. The number of carbonyl (C=O) groups is 1. The average Bonchev–Trinajstić information content (AvgIpc) is 2.67. The number of carbonyl (C=O) groups excluding carboxylic acids is 1. The molecule has 2 N–H and O–H groups in total. The Kier molecular flexibility index (Phi) is 7.03. The lowest BCUT2D eigenvalue weighted by molar-refractivity contribution is 0.0266. The van der Waals surface area contributed by atoms with Crippen LogP contribution in [0.1, 0.15) is 70.8 Å². The van der Waals surface area contributed by atoms with Gasteiger partial charge < -0.3 is 10.6 Å². The summed E-state index contributed by atoms with van der Waals surface area (Å²) in [4.78, 5) is 14.8. The maximum atomic E-state index is 12.2. The molecule has 28 heavy (non-hydrogen) atoms. The average molecular weight is 386 g/mol. The fraction of sp³-hybridized carbons (Fsp3) is 0.708. The zero-order valence-electron chi connectivity index (χ0n) is 18.1. The summed E-state index contributed by atoms with van der Waals surface area (Å²) < 4.78 is 0. The Balaban J connectivity index is 1.57. The van der Waals surface area contributed by atoms with Crippen molar-refractivity contribution in [3.05, 3.63) is 35.9 Å². The number of benzene rings is 1. The van der Waals surface area contributed by atoms with Gasteiger partial charge in [0.25, 0.3) is 0 Å². The quantitative estimate of drug-likeness (QED) is 0.668. The fourth-order valence-electron chi connectivity index (χ4n) is 4.92. The number of hydrogen-bond acceptors (Lipinski definition) is 2. The molecule has 1 aromatic carbocycles. The molecule has 0 atom stereocenters. The van der Waals surface area contributed by atoms with Gasteiger partial charge in [0.05, 0.1) is 0 Å². The highest BCUT2D eigenvalue weighted by Gasteiger charge is 2.43. The van der Waals surface area contributed by atoms with Crippen molar-refractivity contribution in [3.8, 4) is 0 Å². The van der Waals surface area contributed by atoms with E-state index in [0.29, 0.717) is 5.92 Å². The molecule has 2 fully saturated rings. The van der Waals surface area contributed by atoms with E-state index in [0.717, 1.165) is 45.3 Å². The minimum atomic E-state index is 0.0103. The standard InChI is InChI=1S/C24H39N3O/c1-4-17-27(3)24(21-11-6-5-7-12-21)15-13-23(2,14-16-24)19-26-22(28)25-18-20-9-8-10-20/h5-7,11-12,20H,4,8-10,13-19H2,1-3H3,(H2,25,26,28)/t23-,24-. The molecule has 3 rings (SSSR count). The van der Waals surface area contributed by atoms with Gasteiger partial charge in [-0.1, -0.05) is 50.6 Å². The van der Waals surface area contributed by atoms with Crippen LogP contribution in [0.15, 0.2) is 30.3 Å². The molecule has 0 aliphatic heterocycles. The van der Waals surface area contributed by atoms with E-state index in [2.05, 4.69) is 66.8 Å². The van der Waals surface area contributed by atoms with Gasteiger partial charge in [-0.3, -0.25) is 4.90 Å². The summed E-state index contributed by atoms with van der Waals surface area (Å²) in [5.41, 5.74) is 1.75. The molecular formula is C24H39N3O. The smallest absolute Gasteiger partial charge is 0.314 e. The van der Waals surface area contributed by atoms with Gasteiger partial charge >= 0.3 is 6.03 Å². The van der Waals surface area contributed by atoms with Crippen LogP contribution in [-0.4, -0.2) is 37.6 Å². The zero-order valence-corrected chi connectivity index (χ0v) is 18.1. The predicted octanol–water partition coefficient (Wildman–Crippen LogP) is 4.90. The highest BCUT2D eigenvalue weighted by molar-refractivity contribution is 5.73. The second kappa shape index (κ2) is 9.30. The zero-order chi connectivity index (χ0) is 20.0. The minimum Gasteiger partial charge on any atom is -0.338 e. The van der Waals surface area contributed by atoms with E-state index >= 15 is 0 Å². The molecule has 2 aliphatic carbocycles. The number of nitrogens with one attached hydrogen (secondary N) is 2. The van der Waals surface area contributed by atoms with Crippen LogP contribution in [-0.2, 0) is 5.54 Å². The Hall–Kier alpha value is -1.55. The molecule has 156 valence electrons. The van der Waals surface area contributed by atoms with Gasteiger partial charge in [0.2, 0.25) is 0 Å². The Labute approximate surface area is 171 Å². The van der Waals surface area contributed by atoms with Crippen LogP contribution in [0.5, 0.6) is 0 Å². The molecule has 4 heteroatoms. The van der Waals surface area contributed by atoms with Crippen LogP contribution in [0.2, 0.25) is 0 Å². The normalized spacial score (nSPS) is 28.0. The van der Waals surface area contributed by atoms with Crippen LogP contribution in [0.3, 0.4) is 0 Å². The molecule has 0 heterocycles. The second-order valence-electron chi connectivity index (χ2n) is 9.49. The number of urea groups is 1. The largest absolute Gasteiger partial charge is 0.338 e. The van der Waals surface area contributed by atoms with E-state index in [9.17, 15) is 4.79 Å². The molecule has 0 aromatic heterocycles. The van der Waals surface area contributed by atoms with Crippen LogP contribution in [0, 0.1) is 11.3 Å². The van der Waals surface area contributed by atoms with E-state index in [-0.39, 0.29) is 17.0 Å². The third-order valence-corrected chi connectivity index (χ3v) is 7.34. The first kappa shape index (κ1) is 21.2. The van der Waals surface area contributed by atoms with Crippen molar-refractivity contribution in [1.82, 2.24) is 15.5 Å². The number of rotatable bonds is 8. The van der Waals surface area contributed by atoms with E-state index in [1.165, 1.54) is 31.2 Å². The first-order chi connectivity index (χ1) is 13.5. The number of amides is 2. The molecule has 0 saturated heterocycles. The molecule has 2 saturated carbocycles. The lowest BCUT2D eigenvalue weighted by Crippen LogP contribution is -2.51. The summed E-state index contributed by atoms with van der Waals surface area (Å²) in [7, 11) is 2.28. The van der Waals surface area contributed by atoms with Crippen molar-refractivity contribution in [2.24, 2.45) is 11.3 Å². The van der Waals surface area contributed by atoms with Gasteiger partial charge in [0.15, 0.2) is 0 Å². The van der Waals surface area contributed by atoms with E-state index in [1.807, 2.05) is 0 Å². The fourth-order valence-corrected chi connectivity index (χ4v) is 4.92. The second-order valence-corrected chi connectivity index (χ2v) is 9.49. The summed E-state index contributed by atoms with van der Waals surface area (Å²) >= 11 is 0. The van der Waals surface area contributed by atoms with E-state index in [4.69, 9.17) is 0 Å². The highest BCUT2D eigenvalue weighted by atomic mass is 16.2. The van der Waals surface area contributed by atoms with Gasteiger partial charge in [0.1, 0.15) is 0 Å². The van der Waals surface area contributed by atoms with Crippen molar-refractivity contribution in [1.29, 1.82) is 0 Å². The van der Waals surface area contributed by atoms with Crippen LogP contribution >= 0.6 is 0 Å². The van der Waals surface area contributed by atoms with Crippen molar-refractivity contribution in [2.45, 2.75) is 70.8 Å². The first-order valence-electron chi connectivity index (χ1n) is 11.3. The maximum absolute atomic E-state index is 12.2. The highest BCUT2D eigenvalue weighted by Crippen LogP contribution is 2.48. The monoisotopic (exact) mass is 385 g/mol. The van der Waals surface area contributed by atoms with Crippen LogP contribution in [0.25, 0.3) is 0 Å². The van der Waals surface area contributed by atoms with Crippen molar-refractivity contribution < 1.29 is 4.79 Å². The van der Waals surface area contributed by atoms with Crippen molar-refractivity contribution in [3.63, 3.8) is 0 Å².